The van der Waals surface area contributed by atoms with Crippen molar-refractivity contribution in [3.8, 4) is 0 Å². The highest BCUT2D eigenvalue weighted by Crippen LogP contribution is 2.60. The zero-order chi connectivity index (χ0) is 8.18. The zero-order valence-corrected chi connectivity index (χ0v) is 8.05. The Kier molecular flexibility index (Phi) is 1.39. The molecule has 1 unspecified atom stereocenters. The molecule has 3 aliphatic rings. The van der Waals surface area contributed by atoms with Gasteiger partial charge in [-0.3, -0.25) is 4.90 Å². The summed E-state index contributed by atoms with van der Waals surface area (Å²) in [4.78, 5) is 2.75. The minimum Gasteiger partial charge on any atom is -0.299 e. The van der Waals surface area contributed by atoms with Crippen molar-refractivity contribution in [2.45, 2.75) is 45.1 Å². The summed E-state index contributed by atoms with van der Waals surface area (Å²) in [6, 6.07) is 1.01. The van der Waals surface area contributed by atoms with E-state index in [2.05, 4.69) is 11.8 Å². The fourth-order valence-corrected chi connectivity index (χ4v) is 3.44. The molecular formula is C11H19N. The van der Waals surface area contributed by atoms with Crippen LogP contribution in [0.15, 0.2) is 0 Å². The third-order valence-electron chi connectivity index (χ3n) is 4.28. The maximum absolute atomic E-state index is 2.75. The van der Waals surface area contributed by atoms with Crippen LogP contribution in [0.25, 0.3) is 0 Å². The molecule has 12 heavy (non-hydrogen) atoms. The first-order valence-corrected chi connectivity index (χ1v) is 5.54. The van der Waals surface area contributed by atoms with Crippen LogP contribution in [0.5, 0.6) is 0 Å². The monoisotopic (exact) mass is 165 g/mol. The van der Waals surface area contributed by atoms with Crippen molar-refractivity contribution >= 4 is 0 Å². The SMILES string of the molecule is CC1CN(C2CCCC23CC3)C1. The molecule has 1 heteroatoms. The predicted octanol–water partition coefficient (Wildman–Crippen LogP) is 2.27. The van der Waals surface area contributed by atoms with Crippen LogP contribution in [0.4, 0.5) is 0 Å². The number of rotatable bonds is 1. The smallest absolute Gasteiger partial charge is 0.0152 e. The highest BCUT2D eigenvalue weighted by Gasteiger charge is 2.54. The molecule has 0 radical (unpaired) electrons. The summed E-state index contributed by atoms with van der Waals surface area (Å²) in [7, 11) is 0. The maximum Gasteiger partial charge on any atom is 0.0152 e. The van der Waals surface area contributed by atoms with Gasteiger partial charge in [-0.05, 0) is 37.0 Å². The summed E-state index contributed by atoms with van der Waals surface area (Å²) in [5.41, 5.74) is 0.847. The molecule has 1 nitrogen and oxygen atoms in total. The van der Waals surface area contributed by atoms with Crippen LogP contribution < -0.4 is 0 Å². The average molecular weight is 165 g/mol. The van der Waals surface area contributed by atoms with E-state index in [1.807, 2.05) is 0 Å². The largest absolute Gasteiger partial charge is 0.299 e. The molecule has 1 saturated heterocycles. The summed E-state index contributed by atoms with van der Waals surface area (Å²) < 4.78 is 0. The van der Waals surface area contributed by atoms with Crippen molar-refractivity contribution in [3.63, 3.8) is 0 Å². The van der Waals surface area contributed by atoms with Crippen molar-refractivity contribution < 1.29 is 0 Å². The molecule has 1 heterocycles. The lowest BCUT2D eigenvalue weighted by atomic mass is 9.92. The van der Waals surface area contributed by atoms with Gasteiger partial charge >= 0.3 is 0 Å². The molecule has 2 saturated carbocycles. The summed E-state index contributed by atoms with van der Waals surface area (Å²) >= 11 is 0. The second-order valence-electron chi connectivity index (χ2n) is 5.33. The Labute approximate surface area is 75.1 Å². The van der Waals surface area contributed by atoms with Gasteiger partial charge in [-0.25, -0.2) is 0 Å². The van der Waals surface area contributed by atoms with E-state index < -0.39 is 0 Å². The van der Waals surface area contributed by atoms with Crippen molar-refractivity contribution in [2.24, 2.45) is 11.3 Å². The first-order chi connectivity index (χ1) is 5.80. The van der Waals surface area contributed by atoms with Crippen LogP contribution in [0.2, 0.25) is 0 Å². The van der Waals surface area contributed by atoms with Crippen LogP contribution in [-0.2, 0) is 0 Å². The van der Waals surface area contributed by atoms with Gasteiger partial charge in [-0.15, -0.1) is 0 Å². The van der Waals surface area contributed by atoms with Gasteiger partial charge in [0, 0.05) is 19.1 Å². The Hall–Kier alpha value is -0.0400. The molecule has 0 aromatic heterocycles. The summed E-state index contributed by atoms with van der Waals surface area (Å²) in [6.07, 6.45) is 7.65. The third kappa shape index (κ3) is 0.891. The average Bonchev–Trinajstić information content (AvgIpc) is 2.60. The number of hydrogen-bond donors (Lipinski definition) is 0. The molecule has 3 rings (SSSR count). The van der Waals surface area contributed by atoms with E-state index in [1.165, 1.54) is 25.9 Å². The molecule has 2 aliphatic carbocycles. The summed E-state index contributed by atoms with van der Waals surface area (Å²) in [5.74, 6) is 0.987. The summed E-state index contributed by atoms with van der Waals surface area (Å²) in [5, 5.41) is 0. The van der Waals surface area contributed by atoms with Gasteiger partial charge in [-0.1, -0.05) is 13.3 Å². The van der Waals surface area contributed by atoms with E-state index in [1.54, 1.807) is 19.3 Å². The molecule has 1 spiro atoms. The molecule has 0 amide bonds. The van der Waals surface area contributed by atoms with Gasteiger partial charge in [-0.2, -0.15) is 0 Å². The third-order valence-corrected chi connectivity index (χ3v) is 4.28. The Morgan fingerprint density at radius 1 is 1.17 bits per heavy atom. The Morgan fingerprint density at radius 2 is 1.92 bits per heavy atom. The van der Waals surface area contributed by atoms with E-state index in [0.717, 1.165) is 17.4 Å². The topological polar surface area (TPSA) is 3.24 Å². The second kappa shape index (κ2) is 2.25. The van der Waals surface area contributed by atoms with E-state index in [4.69, 9.17) is 0 Å². The second-order valence-corrected chi connectivity index (χ2v) is 5.33. The first-order valence-electron chi connectivity index (χ1n) is 5.54. The van der Waals surface area contributed by atoms with Crippen LogP contribution >= 0.6 is 0 Å². The van der Waals surface area contributed by atoms with Gasteiger partial charge < -0.3 is 0 Å². The lowest BCUT2D eigenvalue weighted by Gasteiger charge is -2.44. The Morgan fingerprint density at radius 3 is 2.50 bits per heavy atom. The Balaban J connectivity index is 1.68. The zero-order valence-electron chi connectivity index (χ0n) is 8.05. The standard InChI is InChI=1S/C11H19N/c1-9-7-12(8-9)10-3-2-4-11(10)5-6-11/h9-10H,2-8H2,1H3. The highest BCUT2D eigenvalue weighted by molar-refractivity contribution is 5.08. The lowest BCUT2D eigenvalue weighted by Crippen LogP contribution is -2.52. The van der Waals surface area contributed by atoms with Crippen molar-refractivity contribution in [2.75, 3.05) is 13.1 Å². The fraction of sp³-hybridized carbons (Fsp3) is 1.00. The minimum atomic E-state index is 0.847. The highest BCUT2D eigenvalue weighted by atomic mass is 15.2. The molecule has 1 aliphatic heterocycles. The quantitative estimate of drug-likeness (QED) is 0.576. The normalized spacial score (nSPS) is 40.2. The molecule has 0 aromatic carbocycles. The molecule has 0 N–H and O–H groups in total. The van der Waals surface area contributed by atoms with Crippen LogP contribution in [-0.4, -0.2) is 24.0 Å². The molecule has 68 valence electrons. The van der Waals surface area contributed by atoms with Gasteiger partial charge in [0.2, 0.25) is 0 Å². The molecule has 3 fully saturated rings. The van der Waals surface area contributed by atoms with Crippen molar-refractivity contribution in [1.82, 2.24) is 4.90 Å². The van der Waals surface area contributed by atoms with Crippen LogP contribution in [0.1, 0.15) is 39.0 Å². The first kappa shape index (κ1) is 7.37. The Bertz CT molecular complexity index is 189. The van der Waals surface area contributed by atoms with Crippen molar-refractivity contribution in [3.05, 3.63) is 0 Å². The predicted molar refractivity (Wildman–Crippen MR) is 50.0 cm³/mol. The number of likely N-dealkylation sites (tertiary alicyclic amines) is 1. The van der Waals surface area contributed by atoms with Gasteiger partial charge in [0.05, 0.1) is 0 Å². The van der Waals surface area contributed by atoms with E-state index >= 15 is 0 Å². The van der Waals surface area contributed by atoms with Crippen molar-refractivity contribution in [1.29, 1.82) is 0 Å². The molecule has 0 bridgehead atoms. The van der Waals surface area contributed by atoms with E-state index in [0.29, 0.717) is 0 Å². The van der Waals surface area contributed by atoms with Crippen LogP contribution in [0.3, 0.4) is 0 Å². The molecular weight excluding hydrogens is 146 g/mol. The molecule has 1 atom stereocenters. The lowest BCUT2D eigenvalue weighted by molar-refractivity contribution is 0.0373. The van der Waals surface area contributed by atoms with E-state index in [-0.39, 0.29) is 0 Å². The number of nitrogens with zero attached hydrogens (tertiary/aromatic N) is 1. The fourth-order valence-electron chi connectivity index (χ4n) is 3.44. The minimum absolute atomic E-state index is 0.847. The molecule has 0 aromatic rings. The van der Waals surface area contributed by atoms with Gasteiger partial charge in [0.25, 0.3) is 0 Å². The number of hydrogen-bond acceptors (Lipinski definition) is 1. The van der Waals surface area contributed by atoms with E-state index in [9.17, 15) is 0 Å². The maximum atomic E-state index is 2.75. The van der Waals surface area contributed by atoms with Gasteiger partial charge in [0.1, 0.15) is 0 Å². The summed E-state index contributed by atoms with van der Waals surface area (Å²) in [6.45, 7) is 5.17. The van der Waals surface area contributed by atoms with Gasteiger partial charge in [0.15, 0.2) is 0 Å². The van der Waals surface area contributed by atoms with Crippen LogP contribution in [0, 0.1) is 11.3 Å².